The first-order valence-electron chi connectivity index (χ1n) is 5.92. The van der Waals surface area contributed by atoms with Gasteiger partial charge in [-0.1, -0.05) is 18.7 Å². The van der Waals surface area contributed by atoms with E-state index >= 15 is 0 Å². The zero-order valence-corrected chi connectivity index (χ0v) is 12.2. The monoisotopic (exact) mass is 288 g/mol. The Morgan fingerprint density at radius 1 is 1.55 bits per heavy atom. The number of nitrogens with two attached hydrogens (primary N) is 1. The van der Waals surface area contributed by atoms with Crippen LogP contribution in [-0.4, -0.2) is 29.3 Å². The molecule has 6 heteroatoms. The van der Waals surface area contributed by atoms with Crippen LogP contribution < -0.4 is 10.5 Å². The van der Waals surface area contributed by atoms with Crippen molar-refractivity contribution in [3.63, 3.8) is 0 Å². The highest BCUT2D eigenvalue weighted by Gasteiger charge is 2.13. The summed E-state index contributed by atoms with van der Waals surface area (Å²) >= 11 is 1.47. The van der Waals surface area contributed by atoms with Crippen molar-refractivity contribution in [2.75, 3.05) is 13.4 Å². The van der Waals surface area contributed by atoms with Crippen molar-refractivity contribution in [1.82, 2.24) is 10.2 Å². The molecule has 0 saturated carbocycles. The molecule has 2 aromatic rings. The molecule has 0 aliphatic carbocycles. The van der Waals surface area contributed by atoms with Gasteiger partial charge in [0, 0.05) is 5.39 Å². The van der Waals surface area contributed by atoms with Crippen LogP contribution in [0.2, 0.25) is 0 Å². The molecule has 0 radical (unpaired) electrons. The summed E-state index contributed by atoms with van der Waals surface area (Å²) in [7, 11) is 1.62. The Bertz CT molecular complexity index is 688. The van der Waals surface area contributed by atoms with Gasteiger partial charge in [0.25, 0.3) is 0 Å². The van der Waals surface area contributed by atoms with E-state index in [1.165, 1.54) is 18.0 Å². The molecular weight excluding hydrogens is 272 g/mol. The zero-order valence-electron chi connectivity index (χ0n) is 11.4. The lowest BCUT2D eigenvalue weighted by atomic mass is 10.1. The van der Waals surface area contributed by atoms with Gasteiger partial charge in [0.15, 0.2) is 0 Å². The minimum atomic E-state index is 0.659. The van der Waals surface area contributed by atoms with E-state index in [0.29, 0.717) is 10.7 Å². The molecule has 3 N–H and O–H groups in total. The van der Waals surface area contributed by atoms with Gasteiger partial charge < -0.3 is 10.5 Å². The Morgan fingerprint density at radius 3 is 3.00 bits per heavy atom. The summed E-state index contributed by atoms with van der Waals surface area (Å²) in [6.45, 7) is 3.86. The first-order valence-corrected chi connectivity index (χ1v) is 7.15. The van der Waals surface area contributed by atoms with E-state index in [-0.39, 0.29) is 0 Å². The second kappa shape index (κ2) is 6.29. The number of nitrogens with zero attached hydrogens (tertiary/aromatic N) is 2. The molecule has 0 unspecified atom stereocenters. The Balaban J connectivity index is 2.60. The molecule has 0 saturated heterocycles. The smallest absolute Gasteiger partial charge is 0.144 e. The molecule has 0 aliphatic rings. The molecule has 1 aromatic heterocycles. The fraction of sp³-hybridized carbons (Fsp3) is 0.143. The van der Waals surface area contributed by atoms with Crippen LogP contribution in [0.3, 0.4) is 0 Å². The fourth-order valence-corrected chi connectivity index (χ4v) is 2.01. The maximum absolute atomic E-state index is 5.49. The number of aromatic amines is 1. The van der Waals surface area contributed by atoms with E-state index < -0.39 is 0 Å². The minimum Gasteiger partial charge on any atom is -0.494 e. The van der Waals surface area contributed by atoms with Crippen molar-refractivity contribution in [2.24, 2.45) is 10.7 Å². The third kappa shape index (κ3) is 2.70. The van der Waals surface area contributed by atoms with Crippen LogP contribution in [0.1, 0.15) is 5.69 Å². The van der Waals surface area contributed by atoms with Crippen LogP contribution in [0.15, 0.2) is 47.1 Å². The van der Waals surface area contributed by atoms with Crippen LogP contribution in [0.5, 0.6) is 5.75 Å². The highest BCUT2D eigenvalue weighted by Crippen LogP contribution is 2.26. The van der Waals surface area contributed by atoms with Gasteiger partial charge in [-0.3, -0.25) is 5.10 Å². The summed E-state index contributed by atoms with van der Waals surface area (Å²) in [6.07, 6.45) is 5.06. The Morgan fingerprint density at radius 2 is 2.35 bits per heavy atom. The van der Waals surface area contributed by atoms with E-state index in [1.54, 1.807) is 13.2 Å². The highest BCUT2D eigenvalue weighted by molar-refractivity contribution is 8.02. The first kappa shape index (κ1) is 14.2. The second-order valence-electron chi connectivity index (χ2n) is 3.91. The van der Waals surface area contributed by atoms with Crippen molar-refractivity contribution in [3.8, 4) is 5.75 Å². The predicted octanol–water partition coefficient (Wildman–Crippen LogP) is 2.67. The maximum Gasteiger partial charge on any atom is 0.144 e. The van der Waals surface area contributed by atoms with Crippen LogP contribution >= 0.6 is 11.8 Å². The van der Waals surface area contributed by atoms with Crippen molar-refractivity contribution in [2.45, 2.75) is 0 Å². The second-order valence-corrected chi connectivity index (χ2v) is 4.79. The normalized spacial score (nSPS) is 12.2. The summed E-state index contributed by atoms with van der Waals surface area (Å²) < 4.78 is 5.31. The van der Waals surface area contributed by atoms with Gasteiger partial charge in [-0.15, -0.1) is 11.8 Å². The predicted molar refractivity (Wildman–Crippen MR) is 85.2 cm³/mol. The molecule has 1 aromatic carbocycles. The molecule has 0 bridgehead atoms. The molecule has 20 heavy (non-hydrogen) atoms. The first-order chi connectivity index (χ1) is 9.71. The number of nitrogens with one attached hydrogen (secondary N) is 1. The fourth-order valence-electron chi connectivity index (χ4n) is 1.82. The van der Waals surface area contributed by atoms with Gasteiger partial charge >= 0.3 is 0 Å². The van der Waals surface area contributed by atoms with Gasteiger partial charge in [-0.05, 0) is 24.6 Å². The number of thioether (sulfide) groups is 1. The molecule has 0 spiro atoms. The standard InChI is InChI=1S/C14H16N4OS/c1-9(20-3)16-11(7-8-15)13-10-5-4-6-12(19-2)14(10)18-17-13/h4-8H,1,15H2,2-3H3,(H,17,18)/b8-7-,16-11?. The number of aromatic nitrogens is 2. The molecule has 0 atom stereocenters. The number of ether oxygens (including phenoxy) is 1. The van der Waals surface area contributed by atoms with Crippen molar-refractivity contribution < 1.29 is 4.74 Å². The summed E-state index contributed by atoms with van der Waals surface area (Å²) in [6, 6.07) is 5.74. The third-order valence-electron chi connectivity index (χ3n) is 2.76. The average Bonchev–Trinajstić information content (AvgIpc) is 2.90. The SMILES string of the molecule is C=C(N=C(/C=C\N)c1n[nH]c2c(OC)cccc12)SC. The van der Waals surface area contributed by atoms with E-state index in [0.717, 1.165) is 22.3 Å². The van der Waals surface area contributed by atoms with Gasteiger partial charge in [-0.2, -0.15) is 5.10 Å². The quantitative estimate of drug-likeness (QED) is 0.829. The van der Waals surface area contributed by atoms with Crippen molar-refractivity contribution >= 4 is 28.4 Å². The molecule has 2 rings (SSSR count). The van der Waals surface area contributed by atoms with E-state index in [4.69, 9.17) is 10.5 Å². The number of H-pyrrole nitrogens is 1. The van der Waals surface area contributed by atoms with Crippen LogP contribution in [0.4, 0.5) is 0 Å². The number of allylic oxidation sites excluding steroid dienone is 1. The topological polar surface area (TPSA) is 76.3 Å². The minimum absolute atomic E-state index is 0.659. The maximum atomic E-state index is 5.49. The van der Waals surface area contributed by atoms with Crippen molar-refractivity contribution in [1.29, 1.82) is 0 Å². The molecule has 1 heterocycles. The average molecular weight is 288 g/mol. The van der Waals surface area contributed by atoms with Gasteiger partial charge in [0.05, 0.1) is 17.9 Å². The number of methoxy groups -OCH3 is 1. The largest absolute Gasteiger partial charge is 0.494 e. The molecule has 5 nitrogen and oxygen atoms in total. The molecule has 0 amide bonds. The van der Waals surface area contributed by atoms with Crippen LogP contribution in [-0.2, 0) is 0 Å². The zero-order chi connectivity index (χ0) is 14.5. The molecular formula is C14H16N4OS. The Kier molecular flexibility index (Phi) is 4.47. The van der Waals surface area contributed by atoms with Gasteiger partial charge in [0.1, 0.15) is 17.0 Å². The van der Waals surface area contributed by atoms with E-state index in [2.05, 4.69) is 21.8 Å². The number of para-hydroxylation sites is 1. The molecule has 0 aliphatic heterocycles. The van der Waals surface area contributed by atoms with E-state index in [1.807, 2.05) is 24.5 Å². The number of hydrogen-bond donors (Lipinski definition) is 2. The highest BCUT2D eigenvalue weighted by atomic mass is 32.2. The van der Waals surface area contributed by atoms with Gasteiger partial charge in [0.2, 0.25) is 0 Å². The lowest BCUT2D eigenvalue weighted by molar-refractivity contribution is 0.419. The summed E-state index contributed by atoms with van der Waals surface area (Å²) in [4.78, 5) is 4.43. The third-order valence-corrected chi connectivity index (χ3v) is 3.32. The number of hydrogen-bond acceptors (Lipinski definition) is 5. The van der Waals surface area contributed by atoms with Crippen LogP contribution in [0.25, 0.3) is 10.9 Å². The molecule has 0 fully saturated rings. The lowest BCUT2D eigenvalue weighted by Gasteiger charge is -2.02. The van der Waals surface area contributed by atoms with E-state index in [9.17, 15) is 0 Å². The number of benzene rings is 1. The Labute approximate surface area is 121 Å². The lowest BCUT2D eigenvalue weighted by Crippen LogP contribution is -2.00. The number of rotatable bonds is 5. The summed E-state index contributed by atoms with van der Waals surface area (Å²) in [5.41, 5.74) is 7.70. The number of aliphatic imine (C=N–C) groups is 1. The summed E-state index contributed by atoms with van der Waals surface area (Å²) in [5, 5.41) is 8.91. The van der Waals surface area contributed by atoms with Crippen LogP contribution in [0, 0.1) is 0 Å². The van der Waals surface area contributed by atoms with Gasteiger partial charge in [-0.25, -0.2) is 4.99 Å². The van der Waals surface area contributed by atoms with Crippen molar-refractivity contribution in [3.05, 3.63) is 47.8 Å². The summed E-state index contributed by atoms with van der Waals surface area (Å²) in [5.74, 6) is 0.737. The molecule has 104 valence electrons. The number of fused-ring (bicyclic) bond motifs is 1. The Hall–Kier alpha value is -2.21.